The summed E-state index contributed by atoms with van der Waals surface area (Å²) in [4.78, 5) is 0. The number of nitriles is 1. The van der Waals surface area contributed by atoms with Crippen molar-refractivity contribution in [1.29, 1.82) is 5.26 Å². The molecule has 0 spiro atoms. The van der Waals surface area contributed by atoms with Crippen molar-refractivity contribution in [3.8, 4) is 29.1 Å². The Morgan fingerprint density at radius 1 is 1.10 bits per heavy atom. The van der Waals surface area contributed by atoms with Crippen molar-refractivity contribution in [3.05, 3.63) is 42.0 Å². The van der Waals surface area contributed by atoms with Gasteiger partial charge in [-0.2, -0.15) is 5.26 Å². The fourth-order valence-electron chi connectivity index (χ4n) is 1.92. The van der Waals surface area contributed by atoms with Crippen LogP contribution in [0.2, 0.25) is 0 Å². The quantitative estimate of drug-likeness (QED) is 0.853. The Bertz CT molecular complexity index is 655. The molecule has 0 unspecified atom stereocenters. The molecule has 0 aliphatic heterocycles. The summed E-state index contributed by atoms with van der Waals surface area (Å²) < 4.78 is 16.4. The van der Waals surface area contributed by atoms with Crippen LogP contribution in [0.4, 0.5) is 5.69 Å². The van der Waals surface area contributed by atoms with Crippen LogP contribution in [-0.4, -0.2) is 14.2 Å². The van der Waals surface area contributed by atoms with Gasteiger partial charge in [-0.3, -0.25) is 0 Å². The molecule has 2 rings (SSSR count). The van der Waals surface area contributed by atoms with Gasteiger partial charge in [0.1, 0.15) is 5.75 Å². The Morgan fingerprint density at radius 3 is 2.33 bits per heavy atom. The van der Waals surface area contributed by atoms with Gasteiger partial charge in [-0.05, 0) is 35.9 Å². The van der Waals surface area contributed by atoms with E-state index in [0.29, 0.717) is 28.7 Å². The number of nitrogens with zero attached hydrogens (tertiary/aromatic N) is 1. The first-order valence-electron chi connectivity index (χ1n) is 6.33. The molecule has 2 N–H and O–H groups in total. The van der Waals surface area contributed by atoms with Crippen molar-refractivity contribution in [3.63, 3.8) is 0 Å². The maximum atomic E-state index is 8.80. The van der Waals surface area contributed by atoms with Gasteiger partial charge in [-0.15, -0.1) is 0 Å². The number of benzene rings is 2. The molecule has 0 bridgehead atoms. The van der Waals surface area contributed by atoms with Gasteiger partial charge in [-0.25, -0.2) is 0 Å². The molecule has 0 saturated carbocycles. The molecule has 5 nitrogen and oxygen atoms in total. The van der Waals surface area contributed by atoms with Gasteiger partial charge < -0.3 is 19.9 Å². The second kappa shape index (κ2) is 6.53. The van der Waals surface area contributed by atoms with E-state index in [9.17, 15) is 0 Å². The summed E-state index contributed by atoms with van der Waals surface area (Å²) in [5.74, 6) is 2.17. The summed E-state index contributed by atoms with van der Waals surface area (Å²) in [5.41, 5.74) is 7.12. The van der Waals surface area contributed by atoms with Crippen LogP contribution >= 0.6 is 0 Å². The lowest BCUT2D eigenvalue weighted by Gasteiger charge is -2.14. The molecule has 0 atom stereocenters. The first kappa shape index (κ1) is 14.5. The SMILES string of the molecule is COc1cccc(OC)c1Oc1ccc(N)c(CC#N)c1. The Balaban J connectivity index is 2.38. The molecule has 108 valence electrons. The zero-order chi connectivity index (χ0) is 15.2. The van der Waals surface area contributed by atoms with Crippen LogP contribution in [0.15, 0.2) is 36.4 Å². The van der Waals surface area contributed by atoms with E-state index in [0.717, 1.165) is 5.56 Å². The number of anilines is 1. The summed E-state index contributed by atoms with van der Waals surface area (Å²) in [6.45, 7) is 0. The van der Waals surface area contributed by atoms with Gasteiger partial charge in [0.15, 0.2) is 11.5 Å². The largest absolute Gasteiger partial charge is 0.493 e. The van der Waals surface area contributed by atoms with Gasteiger partial charge >= 0.3 is 0 Å². The zero-order valence-electron chi connectivity index (χ0n) is 11.9. The predicted molar refractivity (Wildman–Crippen MR) is 79.8 cm³/mol. The number of nitrogens with two attached hydrogens (primary N) is 1. The van der Waals surface area contributed by atoms with Crippen molar-refractivity contribution in [1.82, 2.24) is 0 Å². The topological polar surface area (TPSA) is 77.5 Å². The maximum absolute atomic E-state index is 8.80. The van der Waals surface area contributed by atoms with Crippen LogP contribution < -0.4 is 19.9 Å². The molecule has 0 aromatic heterocycles. The van der Waals surface area contributed by atoms with E-state index in [1.165, 1.54) is 0 Å². The fourth-order valence-corrected chi connectivity index (χ4v) is 1.92. The first-order chi connectivity index (χ1) is 10.2. The minimum absolute atomic E-state index is 0.228. The third kappa shape index (κ3) is 3.18. The van der Waals surface area contributed by atoms with Gasteiger partial charge in [0.25, 0.3) is 0 Å². The predicted octanol–water partition coefficient (Wildman–Crippen LogP) is 3.14. The maximum Gasteiger partial charge on any atom is 0.210 e. The van der Waals surface area contributed by atoms with Crippen molar-refractivity contribution >= 4 is 5.69 Å². The van der Waals surface area contributed by atoms with E-state index in [1.807, 2.05) is 6.07 Å². The van der Waals surface area contributed by atoms with Gasteiger partial charge in [0.2, 0.25) is 5.75 Å². The summed E-state index contributed by atoms with van der Waals surface area (Å²) in [6.07, 6.45) is 0.228. The highest BCUT2D eigenvalue weighted by atomic mass is 16.5. The van der Waals surface area contributed by atoms with E-state index in [-0.39, 0.29) is 6.42 Å². The van der Waals surface area contributed by atoms with Gasteiger partial charge in [0, 0.05) is 5.69 Å². The van der Waals surface area contributed by atoms with Crippen LogP contribution in [-0.2, 0) is 6.42 Å². The van der Waals surface area contributed by atoms with Crippen molar-refractivity contribution < 1.29 is 14.2 Å². The Labute approximate surface area is 123 Å². The van der Waals surface area contributed by atoms with E-state index < -0.39 is 0 Å². The van der Waals surface area contributed by atoms with Crippen molar-refractivity contribution in [2.45, 2.75) is 6.42 Å². The summed E-state index contributed by atoms with van der Waals surface area (Å²) >= 11 is 0. The minimum Gasteiger partial charge on any atom is -0.493 e. The molecule has 0 fully saturated rings. The van der Waals surface area contributed by atoms with E-state index in [2.05, 4.69) is 6.07 Å². The van der Waals surface area contributed by atoms with Gasteiger partial charge in [0.05, 0.1) is 26.7 Å². The molecule has 21 heavy (non-hydrogen) atoms. The third-order valence-electron chi connectivity index (χ3n) is 2.99. The van der Waals surface area contributed by atoms with Crippen LogP contribution in [0.5, 0.6) is 23.0 Å². The molecule has 2 aromatic rings. The first-order valence-corrected chi connectivity index (χ1v) is 6.33. The lowest BCUT2D eigenvalue weighted by atomic mass is 10.1. The molecular formula is C16H16N2O3. The van der Waals surface area contributed by atoms with Gasteiger partial charge in [-0.1, -0.05) is 6.07 Å². The Hall–Kier alpha value is -2.87. The highest BCUT2D eigenvalue weighted by molar-refractivity contribution is 5.56. The lowest BCUT2D eigenvalue weighted by molar-refractivity contribution is 0.346. The lowest BCUT2D eigenvalue weighted by Crippen LogP contribution is -1.97. The molecule has 0 amide bonds. The number of rotatable bonds is 5. The third-order valence-corrected chi connectivity index (χ3v) is 2.99. The average Bonchev–Trinajstić information content (AvgIpc) is 2.51. The fraction of sp³-hybridized carbons (Fsp3) is 0.188. The second-order valence-electron chi connectivity index (χ2n) is 4.29. The highest BCUT2D eigenvalue weighted by Crippen LogP contribution is 2.40. The Morgan fingerprint density at radius 2 is 1.76 bits per heavy atom. The number of methoxy groups -OCH3 is 2. The summed E-state index contributed by atoms with van der Waals surface area (Å²) in [7, 11) is 3.12. The number of hydrogen-bond acceptors (Lipinski definition) is 5. The number of para-hydroxylation sites is 1. The second-order valence-corrected chi connectivity index (χ2v) is 4.29. The van der Waals surface area contributed by atoms with Crippen LogP contribution in [0.25, 0.3) is 0 Å². The standard InChI is InChI=1S/C16H16N2O3/c1-19-14-4-3-5-15(20-2)16(14)21-12-6-7-13(18)11(10-12)8-9-17/h3-7,10H,8,18H2,1-2H3. The van der Waals surface area contributed by atoms with E-state index in [4.69, 9.17) is 25.2 Å². The summed E-state index contributed by atoms with van der Waals surface area (Å²) in [5, 5.41) is 8.80. The zero-order valence-corrected chi connectivity index (χ0v) is 11.9. The molecule has 0 aliphatic carbocycles. The van der Waals surface area contributed by atoms with E-state index in [1.54, 1.807) is 44.6 Å². The summed E-state index contributed by atoms with van der Waals surface area (Å²) in [6, 6.07) is 12.6. The van der Waals surface area contributed by atoms with Crippen LogP contribution in [0.1, 0.15) is 5.56 Å². The molecule has 0 saturated heterocycles. The number of hydrogen-bond donors (Lipinski definition) is 1. The molecule has 0 radical (unpaired) electrons. The molecule has 2 aromatic carbocycles. The molecule has 5 heteroatoms. The van der Waals surface area contributed by atoms with Crippen LogP contribution in [0.3, 0.4) is 0 Å². The Kier molecular flexibility index (Phi) is 4.52. The van der Waals surface area contributed by atoms with Crippen LogP contribution in [0, 0.1) is 11.3 Å². The monoisotopic (exact) mass is 284 g/mol. The number of nitrogen functional groups attached to an aromatic ring is 1. The highest BCUT2D eigenvalue weighted by Gasteiger charge is 2.13. The smallest absolute Gasteiger partial charge is 0.210 e. The number of ether oxygens (including phenoxy) is 3. The normalized spacial score (nSPS) is 9.76. The minimum atomic E-state index is 0.228. The van der Waals surface area contributed by atoms with Crippen molar-refractivity contribution in [2.24, 2.45) is 0 Å². The van der Waals surface area contributed by atoms with Crippen molar-refractivity contribution in [2.75, 3.05) is 20.0 Å². The molecule has 0 aliphatic rings. The average molecular weight is 284 g/mol. The van der Waals surface area contributed by atoms with E-state index >= 15 is 0 Å². The molecule has 0 heterocycles. The molecular weight excluding hydrogens is 268 g/mol.